The van der Waals surface area contributed by atoms with Gasteiger partial charge in [0, 0.05) is 11.8 Å². The van der Waals surface area contributed by atoms with E-state index >= 15 is 0 Å². The summed E-state index contributed by atoms with van der Waals surface area (Å²) >= 11 is 0. The summed E-state index contributed by atoms with van der Waals surface area (Å²) < 4.78 is 0. The Labute approximate surface area is 144 Å². The average Bonchev–Trinajstić information content (AvgIpc) is 2.60. The molecule has 0 amide bonds. The van der Waals surface area contributed by atoms with Crippen LogP contribution in [0.1, 0.15) is 67.5 Å². The van der Waals surface area contributed by atoms with Gasteiger partial charge in [0.05, 0.1) is 0 Å². The minimum atomic E-state index is 0.399. The summed E-state index contributed by atoms with van der Waals surface area (Å²) in [4.78, 5) is 0. The van der Waals surface area contributed by atoms with Crippen LogP contribution in [0, 0.1) is 27.7 Å². The van der Waals surface area contributed by atoms with E-state index in [1.54, 1.807) is 22.3 Å². The summed E-state index contributed by atoms with van der Waals surface area (Å²) in [5.41, 5.74) is 15.1. The van der Waals surface area contributed by atoms with Gasteiger partial charge in [-0.15, -0.1) is 0 Å². The topological polar surface area (TPSA) is 0 Å². The second-order valence-corrected chi connectivity index (χ2v) is 7.55. The van der Waals surface area contributed by atoms with Gasteiger partial charge in [-0.2, -0.15) is 0 Å². The van der Waals surface area contributed by atoms with Gasteiger partial charge in [0.15, 0.2) is 0 Å². The number of aryl methyl sites for hydroxylation is 4. The summed E-state index contributed by atoms with van der Waals surface area (Å²) in [5.74, 6) is 0.798. The molecular formula is C24H22. The second kappa shape index (κ2) is 4.60. The molecule has 2 bridgehead atoms. The lowest BCUT2D eigenvalue weighted by Gasteiger charge is -2.45. The van der Waals surface area contributed by atoms with E-state index in [0.717, 1.165) is 0 Å². The Morgan fingerprint density at radius 1 is 0.458 bits per heavy atom. The summed E-state index contributed by atoms with van der Waals surface area (Å²) in [6, 6.07) is 18.3. The second-order valence-electron chi connectivity index (χ2n) is 7.55. The quantitative estimate of drug-likeness (QED) is 0.334. The molecule has 0 nitrogen and oxygen atoms in total. The van der Waals surface area contributed by atoms with Crippen molar-refractivity contribution >= 4 is 0 Å². The van der Waals surface area contributed by atoms with Crippen molar-refractivity contribution in [2.75, 3.05) is 0 Å². The molecule has 0 N–H and O–H groups in total. The molecule has 3 aromatic rings. The van der Waals surface area contributed by atoms with Crippen LogP contribution in [-0.2, 0) is 0 Å². The monoisotopic (exact) mass is 310 g/mol. The standard InChI is InChI=1S/C24H22/c1-13-9-10-14(2)20-19(13)23-17-7-5-6-8-18(17)24(20)22-16(4)12-11-15(3)21(22)23/h5-12,23-24H,1-4H3. The summed E-state index contributed by atoms with van der Waals surface area (Å²) in [6.07, 6.45) is 0. The first-order valence-corrected chi connectivity index (χ1v) is 8.88. The summed E-state index contributed by atoms with van der Waals surface area (Å²) in [7, 11) is 0. The predicted molar refractivity (Wildman–Crippen MR) is 100 cm³/mol. The molecule has 3 aromatic carbocycles. The third-order valence-corrected chi connectivity index (χ3v) is 6.22. The maximum Gasteiger partial charge on any atom is 0.0354 e. The van der Waals surface area contributed by atoms with E-state index in [1.807, 2.05) is 0 Å². The lowest BCUT2D eigenvalue weighted by molar-refractivity contribution is 0.732. The number of hydrogen-bond donors (Lipinski definition) is 0. The molecule has 0 heterocycles. The first kappa shape index (κ1) is 14.0. The van der Waals surface area contributed by atoms with E-state index in [0.29, 0.717) is 11.8 Å². The van der Waals surface area contributed by atoms with E-state index in [4.69, 9.17) is 0 Å². The fraction of sp³-hybridized carbons (Fsp3) is 0.250. The Hall–Kier alpha value is -2.34. The normalized spacial score (nSPS) is 19.7. The van der Waals surface area contributed by atoms with Gasteiger partial charge in [-0.3, -0.25) is 0 Å². The van der Waals surface area contributed by atoms with Crippen LogP contribution < -0.4 is 0 Å². The number of hydrogen-bond acceptors (Lipinski definition) is 0. The molecule has 3 aliphatic rings. The Morgan fingerprint density at radius 2 is 0.750 bits per heavy atom. The van der Waals surface area contributed by atoms with E-state index in [1.165, 1.54) is 33.4 Å². The van der Waals surface area contributed by atoms with Gasteiger partial charge in [0.2, 0.25) is 0 Å². The molecular weight excluding hydrogens is 288 g/mol. The molecule has 0 fully saturated rings. The Kier molecular flexibility index (Phi) is 2.69. The lowest BCUT2D eigenvalue weighted by atomic mass is 9.58. The van der Waals surface area contributed by atoms with Crippen LogP contribution in [0.4, 0.5) is 0 Å². The van der Waals surface area contributed by atoms with Crippen molar-refractivity contribution in [2.45, 2.75) is 39.5 Å². The zero-order chi connectivity index (χ0) is 16.6. The molecule has 0 saturated heterocycles. The summed E-state index contributed by atoms with van der Waals surface area (Å²) in [5, 5.41) is 0. The molecule has 0 heteroatoms. The van der Waals surface area contributed by atoms with Crippen molar-refractivity contribution in [2.24, 2.45) is 0 Å². The van der Waals surface area contributed by atoms with Crippen LogP contribution in [0.15, 0.2) is 48.5 Å². The van der Waals surface area contributed by atoms with Crippen molar-refractivity contribution < 1.29 is 0 Å². The highest BCUT2D eigenvalue weighted by atomic mass is 14.5. The minimum Gasteiger partial charge on any atom is -0.0619 e. The SMILES string of the molecule is Cc1ccc(C)c2c1C1c3ccccc3C2c2c(C)ccc(C)c21. The molecule has 0 aliphatic heterocycles. The van der Waals surface area contributed by atoms with Gasteiger partial charge in [0.1, 0.15) is 0 Å². The zero-order valence-corrected chi connectivity index (χ0v) is 14.8. The number of rotatable bonds is 0. The minimum absolute atomic E-state index is 0.399. The van der Waals surface area contributed by atoms with Crippen LogP contribution >= 0.6 is 0 Å². The third kappa shape index (κ3) is 1.54. The van der Waals surface area contributed by atoms with Crippen molar-refractivity contribution in [1.82, 2.24) is 0 Å². The van der Waals surface area contributed by atoms with Gasteiger partial charge in [0.25, 0.3) is 0 Å². The molecule has 6 rings (SSSR count). The first-order valence-electron chi connectivity index (χ1n) is 8.88. The number of benzene rings is 3. The van der Waals surface area contributed by atoms with Crippen LogP contribution in [-0.4, -0.2) is 0 Å². The Balaban J connectivity index is 1.99. The molecule has 0 saturated carbocycles. The van der Waals surface area contributed by atoms with Crippen molar-refractivity contribution in [3.63, 3.8) is 0 Å². The molecule has 118 valence electrons. The fourth-order valence-electron chi connectivity index (χ4n) is 5.19. The van der Waals surface area contributed by atoms with Crippen LogP contribution in [0.3, 0.4) is 0 Å². The summed E-state index contributed by atoms with van der Waals surface area (Å²) in [6.45, 7) is 9.14. The van der Waals surface area contributed by atoms with E-state index in [-0.39, 0.29) is 0 Å². The maximum absolute atomic E-state index is 2.35. The van der Waals surface area contributed by atoms with Crippen LogP contribution in [0.25, 0.3) is 0 Å². The molecule has 0 radical (unpaired) electrons. The van der Waals surface area contributed by atoms with Crippen molar-refractivity contribution in [1.29, 1.82) is 0 Å². The van der Waals surface area contributed by atoms with Gasteiger partial charge < -0.3 is 0 Å². The van der Waals surface area contributed by atoms with Gasteiger partial charge in [-0.1, -0.05) is 48.5 Å². The molecule has 0 atom stereocenters. The lowest BCUT2D eigenvalue weighted by Crippen LogP contribution is -2.30. The van der Waals surface area contributed by atoms with Crippen molar-refractivity contribution in [3.05, 3.63) is 104 Å². The predicted octanol–water partition coefficient (Wildman–Crippen LogP) is 5.91. The molecule has 24 heavy (non-hydrogen) atoms. The average molecular weight is 310 g/mol. The Morgan fingerprint density at radius 3 is 1.04 bits per heavy atom. The van der Waals surface area contributed by atoms with E-state index in [2.05, 4.69) is 76.2 Å². The van der Waals surface area contributed by atoms with E-state index < -0.39 is 0 Å². The first-order chi connectivity index (χ1) is 11.6. The largest absolute Gasteiger partial charge is 0.0619 e. The van der Waals surface area contributed by atoms with Gasteiger partial charge in [-0.25, -0.2) is 0 Å². The zero-order valence-electron chi connectivity index (χ0n) is 14.8. The highest BCUT2D eigenvalue weighted by molar-refractivity contribution is 5.72. The smallest absolute Gasteiger partial charge is 0.0354 e. The molecule has 3 aliphatic carbocycles. The van der Waals surface area contributed by atoms with Crippen molar-refractivity contribution in [3.8, 4) is 0 Å². The maximum atomic E-state index is 2.35. The Bertz CT molecular complexity index is 866. The fourth-order valence-corrected chi connectivity index (χ4v) is 5.19. The van der Waals surface area contributed by atoms with E-state index in [9.17, 15) is 0 Å². The van der Waals surface area contributed by atoms with Crippen LogP contribution in [0.2, 0.25) is 0 Å². The third-order valence-electron chi connectivity index (χ3n) is 6.22. The molecule has 0 spiro atoms. The van der Waals surface area contributed by atoms with Gasteiger partial charge >= 0.3 is 0 Å². The van der Waals surface area contributed by atoms with Crippen LogP contribution in [0.5, 0.6) is 0 Å². The van der Waals surface area contributed by atoms with Gasteiger partial charge in [-0.05, 0) is 83.3 Å². The highest BCUT2D eigenvalue weighted by Crippen LogP contribution is 2.58. The molecule has 0 aromatic heterocycles. The molecule has 0 unspecified atom stereocenters. The highest BCUT2D eigenvalue weighted by Gasteiger charge is 2.43.